The van der Waals surface area contributed by atoms with Crippen LogP contribution in [-0.4, -0.2) is 46.8 Å². The smallest absolute Gasteiger partial charge is 0.316 e. The summed E-state index contributed by atoms with van der Waals surface area (Å²) in [5, 5.41) is 8.47. The predicted octanol–water partition coefficient (Wildman–Crippen LogP) is 2.90. The van der Waals surface area contributed by atoms with Crippen LogP contribution in [0.25, 0.3) is 0 Å². The fraction of sp³-hybridized carbons (Fsp3) is 0.448. The van der Waals surface area contributed by atoms with E-state index in [4.69, 9.17) is 5.73 Å². The van der Waals surface area contributed by atoms with Crippen LogP contribution in [0.15, 0.2) is 48.5 Å². The summed E-state index contributed by atoms with van der Waals surface area (Å²) in [6, 6.07) is 11.3. The van der Waals surface area contributed by atoms with Gasteiger partial charge in [0, 0.05) is 11.7 Å². The van der Waals surface area contributed by atoms with E-state index >= 15 is 0 Å². The highest BCUT2D eigenvalue weighted by atomic mass is 16.2. The summed E-state index contributed by atoms with van der Waals surface area (Å²) in [5.74, 6) is -0.836. The Bertz CT molecular complexity index is 1180. The number of hydrogen-bond acceptors (Lipinski definition) is 4. The van der Waals surface area contributed by atoms with Gasteiger partial charge in [-0.3, -0.25) is 14.4 Å². The van der Waals surface area contributed by atoms with Gasteiger partial charge in [-0.1, -0.05) is 50.2 Å². The Labute approximate surface area is 223 Å². The van der Waals surface area contributed by atoms with Crippen LogP contribution < -0.4 is 21.7 Å². The molecule has 3 atom stereocenters. The fourth-order valence-corrected chi connectivity index (χ4v) is 5.57. The van der Waals surface area contributed by atoms with Gasteiger partial charge >= 0.3 is 6.03 Å². The molecule has 2 aliphatic rings. The first-order valence-corrected chi connectivity index (χ1v) is 13.2. The molecule has 2 aromatic carbocycles. The van der Waals surface area contributed by atoms with Gasteiger partial charge in [0.15, 0.2) is 0 Å². The van der Waals surface area contributed by atoms with Gasteiger partial charge in [-0.25, -0.2) is 4.79 Å². The van der Waals surface area contributed by atoms with Gasteiger partial charge < -0.3 is 26.6 Å². The average molecular weight is 520 g/mol. The third-order valence-electron chi connectivity index (χ3n) is 7.16. The minimum atomic E-state index is -1.02. The molecular weight excluding hydrogens is 482 g/mol. The molecule has 0 unspecified atom stereocenters. The van der Waals surface area contributed by atoms with Gasteiger partial charge in [-0.15, -0.1) is 0 Å². The van der Waals surface area contributed by atoms with Crippen molar-refractivity contribution in [2.75, 3.05) is 5.32 Å². The van der Waals surface area contributed by atoms with Crippen molar-refractivity contribution in [1.82, 2.24) is 15.5 Å². The third-order valence-corrected chi connectivity index (χ3v) is 7.16. The minimum Gasteiger partial charge on any atom is -0.352 e. The lowest BCUT2D eigenvalue weighted by Gasteiger charge is -2.45. The molecule has 202 valence electrons. The Morgan fingerprint density at radius 2 is 1.61 bits per heavy atom. The normalized spacial score (nSPS) is 20.3. The molecule has 38 heavy (non-hydrogen) atoms. The van der Waals surface area contributed by atoms with Gasteiger partial charge in [0.25, 0.3) is 0 Å². The quantitative estimate of drug-likeness (QED) is 0.427. The molecule has 1 aliphatic heterocycles. The zero-order valence-corrected chi connectivity index (χ0v) is 22.4. The van der Waals surface area contributed by atoms with E-state index < -0.39 is 24.2 Å². The molecule has 0 bridgehead atoms. The number of nitrogens with zero attached hydrogens (tertiary/aromatic N) is 1. The van der Waals surface area contributed by atoms with Crippen molar-refractivity contribution in [3.63, 3.8) is 0 Å². The molecule has 5 N–H and O–H groups in total. The second-order valence-corrected chi connectivity index (χ2v) is 11.0. The molecule has 0 saturated carbocycles. The maximum Gasteiger partial charge on any atom is 0.316 e. The molecule has 1 saturated heterocycles. The van der Waals surface area contributed by atoms with Crippen molar-refractivity contribution in [3.8, 4) is 0 Å². The lowest BCUT2D eigenvalue weighted by atomic mass is 9.88. The van der Waals surface area contributed by atoms with E-state index in [0.29, 0.717) is 30.5 Å². The van der Waals surface area contributed by atoms with Gasteiger partial charge in [-0.05, 0) is 73.8 Å². The standard InChI is InChI=1S/C29H37N5O4/c1-16(2)13-23-26(35)33-24(21-14-19-7-5-6-8-20(19)15-21)28(37)34(23)25(27(36)31-17(3)4)18-9-11-22(12-10-18)32-29(30)38/h5-12,16-17,21,23-25H,13-15H2,1-4H3,(H,31,36)(H,33,35)(H3,30,32,38)/t23-,24-,25+/m1/s1. The number of urea groups is 1. The number of benzene rings is 2. The summed E-state index contributed by atoms with van der Waals surface area (Å²) in [4.78, 5) is 54.3. The highest BCUT2D eigenvalue weighted by molar-refractivity contribution is 6.00. The third kappa shape index (κ3) is 5.82. The zero-order valence-electron chi connectivity index (χ0n) is 22.4. The second kappa shape index (κ2) is 11.2. The lowest BCUT2D eigenvalue weighted by molar-refractivity contribution is -0.158. The number of anilines is 1. The average Bonchev–Trinajstić information content (AvgIpc) is 3.27. The Hall–Kier alpha value is -3.88. The first-order valence-electron chi connectivity index (χ1n) is 13.2. The number of rotatable bonds is 8. The van der Waals surface area contributed by atoms with E-state index in [-0.39, 0.29) is 35.6 Å². The molecule has 9 nitrogen and oxygen atoms in total. The molecule has 9 heteroatoms. The van der Waals surface area contributed by atoms with Crippen LogP contribution in [0.5, 0.6) is 0 Å². The number of nitrogens with two attached hydrogens (primary N) is 1. The van der Waals surface area contributed by atoms with Crippen molar-refractivity contribution >= 4 is 29.4 Å². The highest BCUT2D eigenvalue weighted by Crippen LogP contribution is 2.35. The molecule has 2 aromatic rings. The Morgan fingerprint density at radius 3 is 2.13 bits per heavy atom. The van der Waals surface area contributed by atoms with Crippen LogP contribution >= 0.6 is 0 Å². The Balaban J connectivity index is 1.74. The number of primary amides is 1. The van der Waals surface area contributed by atoms with Crippen LogP contribution in [-0.2, 0) is 27.2 Å². The summed E-state index contributed by atoms with van der Waals surface area (Å²) >= 11 is 0. The first-order chi connectivity index (χ1) is 18.0. The number of nitrogens with one attached hydrogen (secondary N) is 3. The van der Waals surface area contributed by atoms with Crippen LogP contribution in [0.1, 0.15) is 56.8 Å². The van der Waals surface area contributed by atoms with Crippen molar-refractivity contribution in [2.24, 2.45) is 17.6 Å². The Kier molecular flexibility index (Phi) is 8.04. The van der Waals surface area contributed by atoms with E-state index in [9.17, 15) is 19.2 Å². The van der Waals surface area contributed by atoms with Gasteiger partial charge in [0.2, 0.25) is 17.7 Å². The summed E-state index contributed by atoms with van der Waals surface area (Å²) in [6.45, 7) is 7.68. The summed E-state index contributed by atoms with van der Waals surface area (Å²) in [7, 11) is 0. The topological polar surface area (TPSA) is 134 Å². The molecular formula is C29H37N5O4. The molecule has 5 amide bonds. The number of piperazine rings is 1. The number of hydrogen-bond donors (Lipinski definition) is 4. The van der Waals surface area contributed by atoms with Crippen LogP contribution in [0.3, 0.4) is 0 Å². The lowest BCUT2D eigenvalue weighted by Crippen LogP contribution is -2.67. The zero-order chi connectivity index (χ0) is 27.6. The maximum atomic E-state index is 14.3. The van der Waals surface area contributed by atoms with Crippen molar-refractivity contribution in [3.05, 3.63) is 65.2 Å². The van der Waals surface area contributed by atoms with E-state index in [1.165, 1.54) is 16.0 Å². The van der Waals surface area contributed by atoms with Crippen molar-refractivity contribution < 1.29 is 19.2 Å². The van der Waals surface area contributed by atoms with E-state index in [1.807, 2.05) is 39.8 Å². The number of carbonyl (C=O) groups is 4. The van der Waals surface area contributed by atoms with Gasteiger partial charge in [0.05, 0.1) is 0 Å². The fourth-order valence-electron chi connectivity index (χ4n) is 5.57. The SMILES string of the molecule is CC(C)C[C@@H]1C(=O)N[C@H](C2Cc3ccccc3C2)C(=O)N1[C@H](C(=O)NC(C)C)c1ccc(NC(N)=O)cc1. The minimum absolute atomic E-state index is 0.0951. The molecule has 0 radical (unpaired) electrons. The second-order valence-electron chi connectivity index (χ2n) is 11.0. The van der Waals surface area contributed by atoms with Crippen molar-refractivity contribution in [1.29, 1.82) is 0 Å². The maximum absolute atomic E-state index is 14.3. The van der Waals surface area contributed by atoms with Crippen LogP contribution in [0, 0.1) is 11.8 Å². The molecule has 0 aromatic heterocycles. The summed E-state index contributed by atoms with van der Waals surface area (Å²) < 4.78 is 0. The highest BCUT2D eigenvalue weighted by Gasteiger charge is 2.49. The molecule has 1 heterocycles. The number of fused-ring (bicyclic) bond motifs is 1. The summed E-state index contributed by atoms with van der Waals surface area (Å²) in [6.07, 6.45) is 1.79. The summed E-state index contributed by atoms with van der Waals surface area (Å²) in [5.41, 5.74) is 8.61. The number of amides is 5. The van der Waals surface area contributed by atoms with Crippen molar-refractivity contribution in [2.45, 2.75) is 71.1 Å². The van der Waals surface area contributed by atoms with Gasteiger partial charge in [0.1, 0.15) is 18.1 Å². The predicted molar refractivity (Wildman–Crippen MR) is 145 cm³/mol. The van der Waals surface area contributed by atoms with E-state index in [1.54, 1.807) is 24.3 Å². The molecule has 4 rings (SSSR count). The van der Waals surface area contributed by atoms with Crippen LogP contribution in [0.2, 0.25) is 0 Å². The van der Waals surface area contributed by atoms with E-state index in [0.717, 1.165) is 0 Å². The molecule has 1 fully saturated rings. The molecule has 1 aliphatic carbocycles. The largest absolute Gasteiger partial charge is 0.352 e. The molecule has 0 spiro atoms. The monoisotopic (exact) mass is 519 g/mol. The first kappa shape index (κ1) is 27.2. The van der Waals surface area contributed by atoms with E-state index in [2.05, 4.69) is 28.1 Å². The number of carbonyl (C=O) groups excluding carboxylic acids is 4. The Morgan fingerprint density at radius 1 is 1.00 bits per heavy atom. The van der Waals surface area contributed by atoms with Gasteiger partial charge in [-0.2, -0.15) is 0 Å². The van der Waals surface area contributed by atoms with Crippen LogP contribution in [0.4, 0.5) is 10.5 Å².